The van der Waals surface area contributed by atoms with Gasteiger partial charge in [-0.1, -0.05) is 18.2 Å². The fourth-order valence-electron chi connectivity index (χ4n) is 2.37. The average molecular weight is 273 g/mol. The summed E-state index contributed by atoms with van der Waals surface area (Å²) in [5, 5.41) is 11.8. The van der Waals surface area contributed by atoms with Crippen LogP contribution in [0.25, 0.3) is 0 Å². The van der Waals surface area contributed by atoms with Crippen molar-refractivity contribution in [1.82, 2.24) is 25.3 Å². The van der Waals surface area contributed by atoms with Gasteiger partial charge in [0.2, 0.25) is 0 Å². The van der Waals surface area contributed by atoms with Crippen molar-refractivity contribution in [2.75, 3.05) is 6.54 Å². The van der Waals surface area contributed by atoms with Crippen LogP contribution in [-0.4, -0.2) is 26.5 Å². The zero-order chi connectivity index (χ0) is 14.5. The Bertz CT molecular complexity index is 561. The molecule has 5 nitrogen and oxygen atoms in total. The van der Waals surface area contributed by atoms with E-state index in [1.807, 2.05) is 20.2 Å². The molecule has 1 N–H and O–H groups in total. The van der Waals surface area contributed by atoms with Gasteiger partial charge in [-0.05, 0) is 38.4 Å². The first-order valence-electron chi connectivity index (χ1n) is 7.13. The molecule has 0 aromatic carbocycles. The van der Waals surface area contributed by atoms with Crippen LogP contribution in [-0.2, 0) is 13.5 Å². The van der Waals surface area contributed by atoms with E-state index in [2.05, 4.69) is 46.6 Å². The van der Waals surface area contributed by atoms with Crippen LogP contribution in [0.2, 0.25) is 0 Å². The molecule has 0 aliphatic rings. The van der Waals surface area contributed by atoms with Gasteiger partial charge in [0.1, 0.15) is 0 Å². The number of hydrogen-bond acceptors (Lipinski definition) is 4. The molecular formula is C15H23N5. The fraction of sp³-hybridized carbons (Fsp3) is 0.533. The van der Waals surface area contributed by atoms with E-state index in [4.69, 9.17) is 0 Å². The summed E-state index contributed by atoms with van der Waals surface area (Å²) in [4.78, 5) is 4.57. The van der Waals surface area contributed by atoms with Gasteiger partial charge in [0.15, 0.2) is 0 Å². The molecule has 1 unspecified atom stereocenters. The Balaban J connectivity index is 2.22. The molecule has 0 saturated carbocycles. The SMILES string of the molecule is CCCNC(Cc1cn(C)nn1)c1ccc(C)nc1C. The normalized spacial score (nSPS) is 12.6. The van der Waals surface area contributed by atoms with Crippen molar-refractivity contribution in [2.45, 2.75) is 39.7 Å². The van der Waals surface area contributed by atoms with Crippen molar-refractivity contribution in [3.63, 3.8) is 0 Å². The Kier molecular flexibility index (Phi) is 4.84. The zero-order valence-electron chi connectivity index (χ0n) is 12.7. The van der Waals surface area contributed by atoms with Gasteiger partial charge in [0.05, 0.1) is 5.69 Å². The highest BCUT2D eigenvalue weighted by Gasteiger charge is 2.16. The van der Waals surface area contributed by atoms with Crippen LogP contribution in [0, 0.1) is 13.8 Å². The molecule has 2 heterocycles. The molecular weight excluding hydrogens is 250 g/mol. The molecule has 2 aromatic heterocycles. The van der Waals surface area contributed by atoms with E-state index >= 15 is 0 Å². The summed E-state index contributed by atoms with van der Waals surface area (Å²) in [5.74, 6) is 0. The highest BCUT2D eigenvalue weighted by molar-refractivity contribution is 5.26. The molecule has 0 saturated heterocycles. The minimum absolute atomic E-state index is 0.236. The number of nitrogens with zero attached hydrogens (tertiary/aromatic N) is 4. The number of nitrogens with one attached hydrogen (secondary N) is 1. The Labute approximate surface area is 120 Å². The fourth-order valence-corrected chi connectivity index (χ4v) is 2.37. The first-order chi connectivity index (χ1) is 9.60. The number of hydrogen-bond donors (Lipinski definition) is 1. The van der Waals surface area contributed by atoms with Crippen LogP contribution in [0.4, 0.5) is 0 Å². The number of aryl methyl sites for hydroxylation is 3. The quantitative estimate of drug-likeness (QED) is 0.876. The van der Waals surface area contributed by atoms with Gasteiger partial charge in [0.25, 0.3) is 0 Å². The van der Waals surface area contributed by atoms with Crippen molar-refractivity contribution in [2.24, 2.45) is 7.05 Å². The molecule has 2 aromatic rings. The highest BCUT2D eigenvalue weighted by Crippen LogP contribution is 2.20. The summed E-state index contributed by atoms with van der Waals surface area (Å²) >= 11 is 0. The Morgan fingerprint density at radius 1 is 1.30 bits per heavy atom. The second-order valence-electron chi connectivity index (χ2n) is 5.22. The molecule has 2 rings (SSSR count). The molecule has 0 spiro atoms. The lowest BCUT2D eigenvalue weighted by Crippen LogP contribution is -2.25. The lowest BCUT2D eigenvalue weighted by molar-refractivity contribution is 0.520. The predicted molar refractivity (Wildman–Crippen MR) is 79.5 cm³/mol. The van der Waals surface area contributed by atoms with Gasteiger partial charge in [-0.15, -0.1) is 5.10 Å². The third-order valence-corrected chi connectivity index (χ3v) is 3.35. The summed E-state index contributed by atoms with van der Waals surface area (Å²) in [6.45, 7) is 7.25. The lowest BCUT2D eigenvalue weighted by Gasteiger charge is -2.19. The van der Waals surface area contributed by atoms with E-state index in [0.29, 0.717) is 0 Å². The van der Waals surface area contributed by atoms with Gasteiger partial charge >= 0.3 is 0 Å². The molecule has 0 aliphatic carbocycles. The van der Waals surface area contributed by atoms with Crippen molar-refractivity contribution >= 4 is 0 Å². The van der Waals surface area contributed by atoms with Gasteiger partial charge in [-0.2, -0.15) is 0 Å². The van der Waals surface area contributed by atoms with Crippen LogP contribution in [0.1, 0.15) is 42.0 Å². The minimum Gasteiger partial charge on any atom is -0.310 e. The van der Waals surface area contributed by atoms with Gasteiger partial charge in [-0.3, -0.25) is 9.67 Å². The standard InChI is InChI=1S/C15H23N5/c1-5-8-16-15(9-13-10-20(4)19-18-13)14-7-6-11(2)17-12(14)3/h6-7,10,15-16H,5,8-9H2,1-4H3. The van der Waals surface area contributed by atoms with Crippen molar-refractivity contribution in [3.8, 4) is 0 Å². The van der Waals surface area contributed by atoms with Crippen LogP contribution in [0.5, 0.6) is 0 Å². The monoisotopic (exact) mass is 273 g/mol. The first kappa shape index (κ1) is 14.7. The first-order valence-corrected chi connectivity index (χ1v) is 7.13. The second kappa shape index (κ2) is 6.61. The Morgan fingerprint density at radius 3 is 2.70 bits per heavy atom. The maximum Gasteiger partial charge on any atom is 0.0845 e. The van der Waals surface area contributed by atoms with Crippen molar-refractivity contribution in [3.05, 3.63) is 41.0 Å². The topological polar surface area (TPSA) is 55.6 Å². The largest absolute Gasteiger partial charge is 0.310 e. The van der Waals surface area contributed by atoms with E-state index in [1.54, 1.807) is 4.68 Å². The van der Waals surface area contributed by atoms with E-state index in [-0.39, 0.29) is 6.04 Å². The summed E-state index contributed by atoms with van der Waals surface area (Å²) in [6, 6.07) is 4.47. The minimum atomic E-state index is 0.236. The predicted octanol–water partition coefficient (Wildman–Crippen LogP) is 2.11. The zero-order valence-corrected chi connectivity index (χ0v) is 12.7. The van der Waals surface area contributed by atoms with Gasteiger partial charge in [0, 0.05) is 37.1 Å². The van der Waals surface area contributed by atoms with Crippen LogP contribution < -0.4 is 5.32 Å². The molecule has 0 aliphatic heterocycles. The van der Waals surface area contributed by atoms with Crippen molar-refractivity contribution in [1.29, 1.82) is 0 Å². The second-order valence-corrected chi connectivity index (χ2v) is 5.22. The smallest absolute Gasteiger partial charge is 0.0845 e. The van der Waals surface area contributed by atoms with E-state index < -0.39 is 0 Å². The third kappa shape index (κ3) is 3.63. The molecule has 108 valence electrons. The lowest BCUT2D eigenvalue weighted by atomic mass is 10.0. The van der Waals surface area contributed by atoms with Gasteiger partial charge in [-0.25, -0.2) is 0 Å². The number of aromatic nitrogens is 4. The summed E-state index contributed by atoms with van der Waals surface area (Å²) < 4.78 is 1.74. The van der Waals surface area contributed by atoms with Crippen molar-refractivity contribution < 1.29 is 0 Å². The maximum absolute atomic E-state index is 4.57. The van der Waals surface area contributed by atoms with E-state index in [0.717, 1.165) is 36.5 Å². The molecule has 0 amide bonds. The Hall–Kier alpha value is -1.75. The molecule has 0 bridgehead atoms. The van der Waals surface area contributed by atoms with E-state index in [1.165, 1.54) is 5.56 Å². The molecule has 1 atom stereocenters. The summed E-state index contributed by atoms with van der Waals surface area (Å²) in [6.07, 6.45) is 3.91. The highest BCUT2D eigenvalue weighted by atomic mass is 15.4. The summed E-state index contributed by atoms with van der Waals surface area (Å²) in [7, 11) is 1.89. The number of rotatable bonds is 6. The average Bonchev–Trinajstić information content (AvgIpc) is 2.80. The Morgan fingerprint density at radius 2 is 2.10 bits per heavy atom. The third-order valence-electron chi connectivity index (χ3n) is 3.35. The van der Waals surface area contributed by atoms with Crippen LogP contribution in [0.15, 0.2) is 18.3 Å². The molecule has 5 heteroatoms. The van der Waals surface area contributed by atoms with E-state index in [9.17, 15) is 0 Å². The van der Waals surface area contributed by atoms with Crippen LogP contribution >= 0.6 is 0 Å². The van der Waals surface area contributed by atoms with Gasteiger partial charge < -0.3 is 5.32 Å². The van der Waals surface area contributed by atoms with Crippen LogP contribution in [0.3, 0.4) is 0 Å². The summed E-state index contributed by atoms with van der Waals surface area (Å²) in [5.41, 5.74) is 4.39. The molecule has 0 fully saturated rings. The molecule has 0 radical (unpaired) electrons. The molecule has 20 heavy (non-hydrogen) atoms. The number of pyridine rings is 1. The maximum atomic E-state index is 4.57.